The fourth-order valence-corrected chi connectivity index (χ4v) is 2.63. The highest BCUT2D eigenvalue weighted by Crippen LogP contribution is 2.49. The lowest BCUT2D eigenvalue weighted by atomic mass is 9.62. The Balaban J connectivity index is 2.40. The van der Waals surface area contributed by atoms with Gasteiger partial charge < -0.3 is 10.5 Å². The normalized spacial score (nSPS) is 17.9. The zero-order valence-electron chi connectivity index (χ0n) is 9.63. The van der Waals surface area contributed by atoms with Gasteiger partial charge in [-0.1, -0.05) is 6.42 Å². The molecule has 0 spiro atoms. The monoisotopic (exact) mass is 223 g/mol. The minimum Gasteiger partial charge on any atom is -0.496 e. The van der Waals surface area contributed by atoms with Gasteiger partial charge in [0.25, 0.3) is 0 Å². The number of ether oxygens (including phenoxy) is 1. The molecule has 2 rings (SSSR count). The quantitative estimate of drug-likeness (QED) is 0.851. The van der Waals surface area contributed by atoms with E-state index in [2.05, 4.69) is 0 Å². The number of halogens is 1. The molecule has 16 heavy (non-hydrogen) atoms. The van der Waals surface area contributed by atoms with E-state index >= 15 is 0 Å². The molecule has 0 bridgehead atoms. The Kier molecular flexibility index (Phi) is 3.15. The number of rotatable bonds is 4. The maximum atomic E-state index is 13.3. The Morgan fingerprint density at radius 3 is 2.69 bits per heavy atom. The Morgan fingerprint density at radius 2 is 2.19 bits per heavy atom. The standard InChI is InChI=1S/C13H18FNO/c1-16-12-4-3-10(14)9-11(12)13(7-8-15)5-2-6-13/h3-4,9H,2,5-8,15H2,1H3. The third-order valence-corrected chi connectivity index (χ3v) is 3.67. The van der Waals surface area contributed by atoms with Crippen molar-refractivity contribution < 1.29 is 9.13 Å². The van der Waals surface area contributed by atoms with Crippen molar-refractivity contribution in [3.63, 3.8) is 0 Å². The van der Waals surface area contributed by atoms with Crippen LogP contribution in [0.4, 0.5) is 4.39 Å². The molecule has 0 heterocycles. The van der Waals surface area contributed by atoms with E-state index in [0.717, 1.165) is 30.6 Å². The summed E-state index contributed by atoms with van der Waals surface area (Å²) in [6, 6.07) is 4.76. The van der Waals surface area contributed by atoms with Gasteiger partial charge in [-0.3, -0.25) is 0 Å². The van der Waals surface area contributed by atoms with Crippen molar-refractivity contribution in [3.8, 4) is 5.75 Å². The Morgan fingerprint density at radius 1 is 1.44 bits per heavy atom. The highest BCUT2D eigenvalue weighted by molar-refractivity contribution is 5.41. The molecule has 1 aliphatic carbocycles. The molecule has 2 N–H and O–H groups in total. The minimum absolute atomic E-state index is 0.0577. The third-order valence-electron chi connectivity index (χ3n) is 3.67. The number of nitrogens with two attached hydrogens (primary N) is 1. The molecule has 1 saturated carbocycles. The molecule has 3 heteroatoms. The van der Waals surface area contributed by atoms with Gasteiger partial charge in [-0.25, -0.2) is 4.39 Å². The van der Waals surface area contributed by atoms with Crippen LogP contribution >= 0.6 is 0 Å². The highest BCUT2D eigenvalue weighted by atomic mass is 19.1. The maximum absolute atomic E-state index is 13.3. The van der Waals surface area contributed by atoms with Crippen molar-refractivity contribution in [2.45, 2.75) is 31.1 Å². The van der Waals surface area contributed by atoms with Gasteiger partial charge in [0.1, 0.15) is 11.6 Å². The Hall–Kier alpha value is -1.09. The van der Waals surface area contributed by atoms with Crippen molar-refractivity contribution in [1.29, 1.82) is 0 Å². The van der Waals surface area contributed by atoms with Crippen LogP contribution in [0.15, 0.2) is 18.2 Å². The molecule has 1 aromatic rings. The molecule has 2 nitrogen and oxygen atoms in total. The van der Waals surface area contributed by atoms with Crippen LogP contribution in [-0.4, -0.2) is 13.7 Å². The second-order valence-electron chi connectivity index (χ2n) is 4.52. The van der Waals surface area contributed by atoms with Crippen LogP contribution in [0, 0.1) is 5.82 Å². The van der Waals surface area contributed by atoms with Crippen molar-refractivity contribution >= 4 is 0 Å². The zero-order valence-corrected chi connectivity index (χ0v) is 9.63. The summed E-state index contributed by atoms with van der Waals surface area (Å²) >= 11 is 0. The summed E-state index contributed by atoms with van der Waals surface area (Å²) in [5, 5.41) is 0. The molecule has 0 aliphatic heterocycles. The van der Waals surface area contributed by atoms with Crippen LogP contribution in [-0.2, 0) is 5.41 Å². The van der Waals surface area contributed by atoms with Gasteiger partial charge in [-0.05, 0) is 44.0 Å². The Bertz CT molecular complexity index is 374. The van der Waals surface area contributed by atoms with Crippen molar-refractivity contribution in [2.24, 2.45) is 5.73 Å². The van der Waals surface area contributed by atoms with E-state index in [0.29, 0.717) is 6.54 Å². The largest absolute Gasteiger partial charge is 0.496 e. The molecular formula is C13H18FNO. The maximum Gasteiger partial charge on any atom is 0.123 e. The highest BCUT2D eigenvalue weighted by Gasteiger charge is 2.40. The lowest BCUT2D eigenvalue weighted by molar-refractivity contribution is 0.220. The molecule has 88 valence electrons. The molecule has 0 amide bonds. The number of hydrogen-bond donors (Lipinski definition) is 1. The van der Waals surface area contributed by atoms with Crippen molar-refractivity contribution in [1.82, 2.24) is 0 Å². The van der Waals surface area contributed by atoms with Crippen molar-refractivity contribution in [2.75, 3.05) is 13.7 Å². The second kappa shape index (κ2) is 4.42. The smallest absolute Gasteiger partial charge is 0.123 e. The molecule has 0 radical (unpaired) electrons. The van der Waals surface area contributed by atoms with Crippen LogP contribution in [0.3, 0.4) is 0 Å². The van der Waals surface area contributed by atoms with E-state index < -0.39 is 0 Å². The molecule has 0 saturated heterocycles. The van der Waals surface area contributed by atoms with Gasteiger partial charge >= 0.3 is 0 Å². The van der Waals surface area contributed by atoms with E-state index in [-0.39, 0.29) is 11.2 Å². The fourth-order valence-electron chi connectivity index (χ4n) is 2.63. The van der Waals surface area contributed by atoms with Gasteiger partial charge in [-0.15, -0.1) is 0 Å². The molecule has 1 aliphatic rings. The van der Waals surface area contributed by atoms with Gasteiger partial charge in [0.2, 0.25) is 0 Å². The first-order chi connectivity index (χ1) is 7.72. The number of methoxy groups -OCH3 is 1. The van der Waals surface area contributed by atoms with Crippen LogP contribution in [0.5, 0.6) is 5.75 Å². The van der Waals surface area contributed by atoms with E-state index in [9.17, 15) is 4.39 Å². The number of benzene rings is 1. The first kappa shape index (κ1) is 11.4. The molecule has 0 unspecified atom stereocenters. The zero-order chi connectivity index (χ0) is 11.6. The summed E-state index contributed by atoms with van der Waals surface area (Å²) < 4.78 is 18.6. The average molecular weight is 223 g/mol. The van der Waals surface area contributed by atoms with Crippen LogP contribution in [0.1, 0.15) is 31.2 Å². The van der Waals surface area contributed by atoms with Crippen LogP contribution in [0.2, 0.25) is 0 Å². The SMILES string of the molecule is COc1ccc(F)cc1C1(CCN)CCC1. The summed E-state index contributed by atoms with van der Waals surface area (Å²) in [5.74, 6) is 0.591. The van der Waals surface area contributed by atoms with Crippen LogP contribution < -0.4 is 10.5 Å². The van der Waals surface area contributed by atoms with Gasteiger partial charge in [-0.2, -0.15) is 0 Å². The molecular weight excluding hydrogens is 205 g/mol. The van der Waals surface area contributed by atoms with Gasteiger partial charge in [0.05, 0.1) is 7.11 Å². The lowest BCUT2D eigenvalue weighted by Gasteiger charge is -2.43. The summed E-state index contributed by atoms with van der Waals surface area (Å²) in [5.41, 5.74) is 6.71. The number of hydrogen-bond acceptors (Lipinski definition) is 2. The second-order valence-corrected chi connectivity index (χ2v) is 4.52. The topological polar surface area (TPSA) is 35.2 Å². The van der Waals surface area contributed by atoms with Crippen molar-refractivity contribution in [3.05, 3.63) is 29.6 Å². The first-order valence-electron chi connectivity index (χ1n) is 5.76. The molecule has 0 aromatic heterocycles. The molecule has 0 atom stereocenters. The minimum atomic E-state index is -0.195. The predicted octanol–water partition coefficient (Wildman–Crippen LogP) is 2.60. The lowest BCUT2D eigenvalue weighted by Crippen LogP contribution is -2.36. The molecule has 1 fully saturated rings. The molecule has 1 aromatic carbocycles. The first-order valence-corrected chi connectivity index (χ1v) is 5.76. The van der Waals surface area contributed by atoms with Gasteiger partial charge in [0.15, 0.2) is 0 Å². The summed E-state index contributed by atoms with van der Waals surface area (Å²) in [6.07, 6.45) is 4.28. The Labute approximate surface area is 95.6 Å². The predicted molar refractivity (Wildman–Crippen MR) is 62.2 cm³/mol. The fraction of sp³-hybridized carbons (Fsp3) is 0.538. The van der Waals surface area contributed by atoms with E-state index in [1.165, 1.54) is 12.5 Å². The summed E-state index contributed by atoms with van der Waals surface area (Å²) in [7, 11) is 1.63. The third kappa shape index (κ3) is 1.80. The summed E-state index contributed by atoms with van der Waals surface area (Å²) in [6.45, 7) is 0.639. The average Bonchev–Trinajstić information content (AvgIpc) is 2.23. The summed E-state index contributed by atoms with van der Waals surface area (Å²) in [4.78, 5) is 0. The van der Waals surface area contributed by atoms with E-state index in [4.69, 9.17) is 10.5 Å². The van der Waals surface area contributed by atoms with E-state index in [1.54, 1.807) is 19.2 Å². The van der Waals surface area contributed by atoms with Gasteiger partial charge in [0, 0.05) is 11.0 Å². The van der Waals surface area contributed by atoms with E-state index in [1.807, 2.05) is 0 Å². The van der Waals surface area contributed by atoms with Crippen LogP contribution in [0.25, 0.3) is 0 Å².